The van der Waals surface area contributed by atoms with Gasteiger partial charge in [-0.15, -0.1) is 0 Å². The zero-order valence-electron chi connectivity index (χ0n) is 13.2. The van der Waals surface area contributed by atoms with E-state index in [4.69, 9.17) is 11.3 Å². The van der Waals surface area contributed by atoms with Gasteiger partial charge in [0.1, 0.15) is 5.65 Å². The molecule has 0 saturated carbocycles. The monoisotopic (exact) mass is 447 g/mol. The van der Waals surface area contributed by atoms with Crippen LogP contribution in [0.3, 0.4) is 0 Å². The van der Waals surface area contributed by atoms with Gasteiger partial charge in [-0.3, -0.25) is 4.79 Å². The molecule has 0 saturated heterocycles. The van der Waals surface area contributed by atoms with Crippen LogP contribution in [0.5, 0.6) is 0 Å². The lowest BCUT2D eigenvalue weighted by Gasteiger charge is -2.12. The van der Waals surface area contributed by atoms with Gasteiger partial charge in [-0.05, 0) is 58.8 Å². The quantitative estimate of drug-likeness (QED) is 0.237. The molecule has 3 rings (SSSR count). The van der Waals surface area contributed by atoms with Crippen LogP contribution in [0.2, 0.25) is 0 Å². The lowest BCUT2D eigenvalue weighted by molar-refractivity contribution is 0.102. The van der Waals surface area contributed by atoms with Crippen molar-refractivity contribution in [2.75, 3.05) is 5.32 Å². The minimum absolute atomic E-state index is 0.307. The van der Waals surface area contributed by atoms with Crippen LogP contribution in [-0.4, -0.2) is 15.9 Å². The molecule has 2 heterocycles. The number of nitrogens with one attached hydrogen (secondary N) is 2. The van der Waals surface area contributed by atoms with Crippen molar-refractivity contribution in [2.24, 2.45) is 10.8 Å². The van der Waals surface area contributed by atoms with E-state index < -0.39 is 0 Å². The molecule has 3 aromatic rings. The number of azide groups is 1. The molecule has 2 aromatic heterocycles. The fourth-order valence-electron chi connectivity index (χ4n) is 2.52. The molecule has 25 heavy (non-hydrogen) atoms. The topological polar surface area (TPSA) is 133 Å². The first-order chi connectivity index (χ1) is 12.0. The van der Waals surface area contributed by atoms with E-state index in [2.05, 4.69) is 47.9 Å². The second kappa shape index (κ2) is 7.09. The van der Waals surface area contributed by atoms with Crippen LogP contribution in [0.25, 0.3) is 21.5 Å². The second-order valence-electron chi connectivity index (χ2n) is 5.42. The number of rotatable bonds is 4. The molecule has 0 aliphatic heterocycles. The third kappa shape index (κ3) is 3.43. The average Bonchev–Trinajstić information content (AvgIpc) is 2.97. The molecule has 1 amide bonds. The van der Waals surface area contributed by atoms with E-state index in [1.807, 2.05) is 6.20 Å². The molecule has 1 aromatic carbocycles. The van der Waals surface area contributed by atoms with Gasteiger partial charge in [-0.2, -0.15) is 0 Å². The Morgan fingerprint density at radius 3 is 3.00 bits per heavy atom. The smallest absolute Gasteiger partial charge is 0.255 e. The van der Waals surface area contributed by atoms with E-state index in [9.17, 15) is 4.79 Å². The van der Waals surface area contributed by atoms with E-state index in [1.54, 1.807) is 31.3 Å². The van der Waals surface area contributed by atoms with Crippen LogP contribution >= 0.6 is 22.6 Å². The first kappa shape index (κ1) is 17.2. The van der Waals surface area contributed by atoms with E-state index in [0.29, 0.717) is 28.1 Å². The molecule has 0 fully saturated rings. The van der Waals surface area contributed by atoms with Crippen molar-refractivity contribution in [3.8, 4) is 0 Å². The number of aromatic amines is 1. The number of carbonyl (C=O) groups is 1. The first-order valence-electron chi connectivity index (χ1n) is 7.39. The maximum absolute atomic E-state index is 12.6. The molecule has 0 radical (unpaired) electrons. The Morgan fingerprint density at radius 2 is 2.28 bits per heavy atom. The molecule has 1 atom stereocenters. The van der Waals surface area contributed by atoms with Crippen LogP contribution in [0.4, 0.5) is 11.4 Å². The van der Waals surface area contributed by atoms with Crippen LogP contribution in [0.15, 0.2) is 41.8 Å². The lowest BCUT2D eigenvalue weighted by atomic mass is 10.0. The number of hydrogen-bond acceptors (Lipinski definition) is 4. The van der Waals surface area contributed by atoms with Crippen molar-refractivity contribution in [3.63, 3.8) is 0 Å². The molecule has 0 bridgehead atoms. The number of amides is 1. The summed E-state index contributed by atoms with van der Waals surface area (Å²) in [5.41, 5.74) is 17.3. The van der Waals surface area contributed by atoms with Crippen molar-refractivity contribution in [2.45, 2.75) is 13.0 Å². The van der Waals surface area contributed by atoms with Gasteiger partial charge in [0.05, 0.1) is 11.1 Å². The number of halogens is 1. The molecule has 0 spiro atoms. The maximum atomic E-state index is 12.6. The molecule has 8 nitrogen and oxygen atoms in total. The summed E-state index contributed by atoms with van der Waals surface area (Å²) in [6.07, 6.45) is 3.44. The number of carbonyl (C=O) groups excluding carboxylic acids is 1. The van der Waals surface area contributed by atoms with Crippen LogP contribution in [-0.2, 0) is 0 Å². The van der Waals surface area contributed by atoms with Crippen molar-refractivity contribution >= 4 is 50.9 Å². The minimum atomic E-state index is -0.310. The number of fused-ring (bicyclic) bond motifs is 1. The number of hydrogen-bond donors (Lipinski definition) is 3. The first-order valence-corrected chi connectivity index (χ1v) is 8.46. The molecule has 9 heteroatoms. The predicted octanol–water partition coefficient (Wildman–Crippen LogP) is 4.38. The summed E-state index contributed by atoms with van der Waals surface area (Å²) in [6.45, 7) is 1.78. The zero-order valence-corrected chi connectivity index (χ0v) is 15.4. The number of pyridine rings is 1. The summed E-state index contributed by atoms with van der Waals surface area (Å²) >= 11 is 2.18. The summed E-state index contributed by atoms with van der Waals surface area (Å²) in [5.74, 6) is -0.310. The Morgan fingerprint density at radius 1 is 1.48 bits per heavy atom. The van der Waals surface area contributed by atoms with Gasteiger partial charge >= 0.3 is 0 Å². The van der Waals surface area contributed by atoms with E-state index in [-0.39, 0.29) is 11.9 Å². The third-order valence-corrected chi connectivity index (χ3v) is 4.56. The Kier molecular flexibility index (Phi) is 4.88. The third-order valence-electron chi connectivity index (χ3n) is 3.71. The van der Waals surface area contributed by atoms with Gasteiger partial charge in [0.25, 0.3) is 5.91 Å². The van der Waals surface area contributed by atoms with Gasteiger partial charge in [0.15, 0.2) is 0 Å². The van der Waals surface area contributed by atoms with Crippen LogP contribution in [0, 0.1) is 3.57 Å². The molecular weight excluding hydrogens is 433 g/mol. The standard InChI is InChI=1S/C16H14IN7O/c1-8(18)10-3-2-9(6-13(10)23-24-19)16(25)22-12-4-5-20-15-14(12)11(17)7-21-15/h2-8H,18H2,1H3,(H2,20,21,22,25). The number of H-pyrrole nitrogens is 1. The summed E-state index contributed by atoms with van der Waals surface area (Å²) in [4.78, 5) is 22.7. The fraction of sp³-hybridized carbons (Fsp3) is 0.125. The van der Waals surface area contributed by atoms with Crippen molar-refractivity contribution in [1.29, 1.82) is 0 Å². The Labute approximate surface area is 156 Å². The highest BCUT2D eigenvalue weighted by molar-refractivity contribution is 14.1. The molecule has 0 aliphatic rings. The van der Waals surface area contributed by atoms with Crippen molar-refractivity contribution < 1.29 is 4.79 Å². The maximum Gasteiger partial charge on any atom is 0.255 e. The zero-order chi connectivity index (χ0) is 18.0. The van der Waals surface area contributed by atoms with E-state index >= 15 is 0 Å². The molecule has 0 aliphatic carbocycles. The number of anilines is 1. The van der Waals surface area contributed by atoms with Gasteiger partial charge in [0, 0.05) is 38.2 Å². The van der Waals surface area contributed by atoms with Crippen LogP contribution in [0.1, 0.15) is 28.9 Å². The highest BCUT2D eigenvalue weighted by Crippen LogP contribution is 2.29. The number of aromatic nitrogens is 2. The predicted molar refractivity (Wildman–Crippen MR) is 105 cm³/mol. The minimum Gasteiger partial charge on any atom is -0.345 e. The summed E-state index contributed by atoms with van der Waals surface area (Å²) in [6, 6.07) is 6.32. The highest BCUT2D eigenvalue weighted by Gasteiger charge is 2.14. The second-order valence-corrected chi connectivity index (χ2v) is 6.59. The molecule has 4 N–H and O–H groups in total. The largest absolute Gasteiger partial charge is 0.345 e. The lowest BCUT2D eigenvalue weighted by Crippen LogP contribution is -2.13. The van der Waals surface area contributed by atoms with Gasteiger partial charge in [-0.1, -0.05) is 11.2 Å². The Bertz CT molecular complexity index is 1000. The number of nitrogens with two attached hydrogens (primary N) is 1. The van der Waals surface area contributed by atoms with Crippen LogP contribution < -0.4 is 11.1 Å². The van der Waals surface area contributed by atoms with Gasteiger partial charge < -0.3 is 16.0 Å². The van der Waals surface area contributed by atoms with E-state index in [1.165, 1.54) is 6.07 Å². The molecule has 1 unspecified atom stereocenters. The summed E-state index contributed by atoms with van der Waals surface area (Å²) in [7, 11) is 0. The number of benzene rings is 1. The van der Waals surface area contributed by atoms with Crippen molar-refractivity contribution in [3.05, 3.63) is 61.8 Å². The Hall–Kier alpha value is -2.62. The van der Waals surface area contributed by atoms with Crippen molar-refractivity contribution in [1.82, 2.24) is 9.97 Å². The molecular formula is C16H14IN7O. The summed E-state index contributed by atoms with van der Waals surface area (Å²) < 4.78 is 0.957. The fourth-order valence-corrected chi connectivity index (χ4v) is 3.22. The molecule has 126 valence electrons. The van der Waals surface area contributed by atoms with Gasteiger partial charge in [0.2, 0.25) is 0 Å². The average molecular weight is 447 g/mol. The SMILES string of the molecule is CC(N)c1ccc(C(=O)Nc2ccnc3[nH]cc(I)c23)cc1N=[N+]=[N-]. The highest BCUT2D eigenvalue weighted by atomic mass is 127. The van der Waals surface area contributed by atoms with E-state index in [0.717, 1.165) is 8.96 Å². The Balaban J connectivity index is 1.97. The van der Waals surface area contributed by atoms with Gasteiger partial charge in [-0.25, -0.2) is 4.98 Å². The normalized spacial score (nSPS) is 11.8. The number of nitrogens with zero attached hydrogens (tertiary/aromatic N) is 4. The summed E-state index contributed by atoms with van der Waals surface area (Å²) in [5, 5.41) is 7.36.